The quantitative estimate of drug-likeness (QED) is 0.388. The first-order chi connectivity index (χ1) is 16.3. The van der Waals surface area contributed by atoms with Crippen LogP contribution in [0.3, 0.4) is 0 Å². The summed E-state index contributed by atoms with van der Waals surface area (Å²) in [5, 5.41) is 7.91. The first-order valence-electron chi connectivity index (χ1n) is 11.7. The van der Waals surface area contributed by atoms with Gasteiger partial charge in [-0.2, -0.15) is 5.10 Å². The number of carbonyl (C=O) groups is 1. The number of nitrogens with zero attached hydrogens (tertiary/aromatic N) is 5. The van der Waals surface area contributed by atoms with Crippen LogP contribution in [-0.4, -0.2) is 49.2 Å². The van der Waals surface area contributed by atoms with E-state index in [1.165, 1.54) is 0 Å². The van der Waals surface area contributed by atoms with E-state index in [9.17, 15) is 4.79 Å². The number of aromatic nitrogens is 4. The fourth-order valence-electron chi connectivity index (χ4n) is 3.81. The molecule has 178 valence electrons. The second-order valence-corrected chi connectivity index (χ2v) is 9.29. The number of nitrogens with one attached hydrogen (secondary N) is 1. The summed E-state index contributed by atoms with van der Waals surface area (Å²) in [6.45, 7) is 12.2. The molecule has 0 aliphatic heterocycles. The van der Waals surface area contributed by atoms with Gasteiger partial charge in [0, 0.05) is 55.1 Å². The third kappa shape index (κ3) is 5.27. The minimum atomic E-state index is -0.183. The molecular weight excluding hydrogens is 428 g/mol. The number of oxazole rings is 1. The van der Waals surface area contributed by atoms with Crippen molar-refractivity contribution in [2.75, 3.05) is 18.4 Å². The maximum absolute atomic E-state index is 12.3. The third-order valence-corrected chi connectivity index (χ3v) is 5.54. The second kappa shape index (κ2) is 9.67. The molecule has 8 heteroatoms. The zero-order valence-corrected chi connectivity index (χ0v) is 20.5. The van der Waals surface area contributed by atoms with Gasteiger partial charge in [-0.1, -0.05) is 12.1 Å². The minimum Gasteiger partial charge on any atom is -0.436 e. The summed E-state index contributed by atoms with van der Waals surface area (Å²) in [5.74, 6) is 1.36. The van der Waals surface area contributed by atoms with Crippen molar-refractivity contribution in [3.05, 3.63) is 48.9 Å². The van der Waals surface area contributed by atoms with Crippen LogP contribution in [0, 0.1) is 0 Å². The van der Waals surface area contributed by atoms with Crippen molar-refractivity contribution in [1.82, 2.24) is 24.6 Å². The van der Waals surface area contributed by atoms with Crippen LogP contribution < -0.4 is 5.32 Å². The zero-order valence-electron chi connectivity index (χ0n) is 20.5. The van der Waals surface area contributed by atoms with Gasteiger partial charge in [0.25, 0.3) is 0 Å². The standard InChI is InChI=1S/C26H32N6O2/c1-6-31(7-2)23(33)12-13-32-17-19(16-28-32)18-14-20(24(27-15-18)30-26(3,4)5)25-29-21-10-8-9-11-22(21)34-25/h8-11,14-17H,6-7,12-13H2,1-5H3,(H,27,30). The number of hydrogen-bond acceptors (Lipinski definition) is 6. The second-order valence-electron chi connectivity index (χ2n) is 9.29. The van der Waals surface area contributed by atoms with E-state index < -0.39 is 0 Å². The summed E-state index contributed by atoms with van der Waals surface area (Å²) in [6.07, 6.45) is 5.98. The van der Waals surface area contributed by atoms with E-state index in [-0.39, 0.29) is 11.4 Å². The summed E-state index contributed by atoms with van der Waals surface area (Å²) in [4.78, 5) is 23.6. The Morgan fingerprint density at radius 2 is 1.88 bits per heavy atom. The van der Waals surface area contributed by atoms with Gasteiger partial charge in [0.1, 0.15) is 11.3 Å². The molecule has 0 atom stereocenters. The molecule has 1 amide bonds. The van der Waals surface area contributed by atoms with Crippen molar-refractivity contribution >= 4 is 22.8 Å². The van der Waals surface area contributed by atoms with Gasteiger partial charge in [-0.25, -0.2) is 9.97 Å². The largest absolute Gasteiger partial charge is 0.436 e. The van der Waals surface area contributed by atoms with E-state index in [0.717, 1.165) is 40.9 Å². The lowest BCUT2D eigenvalue weighted by Crippen LogP contribution is -2.31. The Balaban J connectivity index is 1.63. The van der Waals surface area contributed by atoms with Crippen molar-refractivity contribution < 1.29 is 9.21 Å². The van der Waals surface area contributed by atoms with Crippen LogP contribution in [0.1, 0.15) is 41.0 Å². The maximum atomic E-state index is 12.3. The van der Waals surface area contributed by atoms with Gasteiger partial charge in [0.05, 0.1) is 11.8 Å². The molecule has 1 aromatic carbocycles. The van der Waals surface area contributed by atoms with E-state index in [2.05, 4.69) is 36.2 Å². The predicted molar refractivity (Wildman–Crippen MR) is 134 cm³/mol. The van der Waals surface area contributed by atoms with Crippen LogP contribution >= 0.6 is 0 Å². The molecule has 0 aliphatic carbocycles. The molecule has 34 heavy (non-hydrogen) atoms. The number of pyridine rings is 1. The number of aryl methyl sites for hydroxylation is 1. The van der Waals surface area contributed by atoms with Gasteiger partial charge in [-0.05, 0) is 52.8 Å². The zero-order chi connectivity index (χ0) is 24.3. The van der Waals surface area contributed by atoms with Gasteiger partial charge in [-0.3, -0.25) is 9.48 Å². The molecule has 0 bridgehead atoms. The molecule has 0 aliphatic rings. The highest BCUT2D eigenvalue weighted by molar-refractivity contribution is 5.81. The van der Waals surface area contributed by atoms with Gasteiger partial charge in [0.2, 0.25) is 11.8 Å². The average molecular weight is 461 g/mol. The summed E-state index contributed by atoms with van der Waals surface area (Å²) >= 11 is 0. The van der Waals surface area contributed by atoms with Crippen LogP contribution in [0.25, 0.3) is 33.7 Å². The molecule has 8 nitrogen and oxygen atoms in total. The first-order valence-corrected chi connectivity index (χ1v) is 11.7. The van der Waals surface area contributed by atoms with Crippen molar-refractivity contribution in [2.45, 2.75) is 53.1 Å². The lowest BCUT2D eigenvalue weighted by Gasteiger charge is -2.22. The average Bonchev–Trinajstić information content (AvgIpc) is 3.45. The highest BCUT2D eigenvalue weighted by Crippen LogP contribution is 2.33. The van der Waals surface area contributed by atoms with E-state index in [1.807, 2.05) is 61.5 Å². The lowest BCUT2D eigenvalue weighted by molar-refractivity contribution is -0.131. The van der Waals surface area contributed by atoms with Crippen LogP contribution in [0.15, 0.2) is 53.3 Å². The van der Waals surface area contributed by atoms with Crippen LogP contribution in [0.5, 0.6) is 0 Å². The molecule has 0 radical (unpaired) electrons. The monoisotopic (exact) mass is 460 g/mol. The van der Waals surface area contributed by atoms with Crippen LogP contribution in [0.4, 0.5) is 5.82 Å². The van der Waals surface area contributed by atoms with Crippen molar-refractivity contribution in [2.24, 2.45) is 0 Å². The normalized spacial score (nSPS) is 11.7. The van der Waals surface area contributed by atoms with Crippen molar-refractivity contribution in [3.63, 3.8) is 0 Å². The number of rotatable bonds is 8. The molecule has 3 heterocycles. The highest BCUT2D eigenvalue weighted by atomic mass is 16.3. The Bertz CT molecular complexity index is 1250. The molecular formula is C26H32N6O2. The lowest BCUT2D eigenvalue weighted by atomic mass is 10.1. The first kappa shape index (κ1) is 23.5. The van der Waals surface area contributed by atoms with Crippen LogP contribution in [-0.2, 0) is 11.3 Å². The molecule has 4 aromatic rings. The Kier molecular flexibility index (Phi) is 6.68. The Morgan fingerprint density at radius 1 is 1.12 bits per heavy atom. The molecule has 0 spiro atoms. The molecule has 4 rings (SSSR count). The number of hydrogen-bond donors (Lipinski definition) is 1. The molecule has 1 N–H and O–H groups in total. The summed E-state index contributed by atoms with van der Waals surface area (Å²) < 4.78 is 7.86. The summed E-state index contributed by atoms with van der Waals surface area (Å²) in [5.41, 5.74) is 3.96. The van der Waals surface area contributed by atoms with E-state index in [4.69, 9.17) is 9.40 Å². The smallest absolute Gasteiger partial charge is 0.231 e. The SMILES string of the molecule is CCN(CC)C(=O)CCn1cc(-c2cnc(NC(C)(C)C)c(-c3nc4ccccc4o3)c2)cn1. The maximum Gasteiger partial charge on any atom is 0.231 e. The number of carbonyl (C=O) groups excluding carboxylic acids is 1. The number of fused-ring (bicyclic) bond motifs is 1. The minimum absolute atomic E-state index is 0.138. The van der Waals surface area contributed by atoms with Gasteiger partial charge in [-0.15, -0.1) is 0 Å². The number of para-hydroxylation sites is 2. The van der Waals surface area contributed by atoms with Gasteiger partial charge in [0.15, 0.2) is 5.58 Å². The predicted octanol–water partition coefficient (Wildman–Crippen LogP) is 5.22. The van der Waals surface area contributed by atoms with Crippen molar-refractivity contribution in [1.29, 1.82) is 0 Å². The van der Waals surface area contributed by atoms with Gasteiger partial charge >= 0.3 is 0 Å². The topological polar surface area (TPSA) is 89.1 Å². The fraction of sp³-hybridized carbons (Fsp3) is 0.385. The number of amides is 1. The molecule has 0 saturated heterocycles. The Hall–Kier alpha value is -3.68. The number of benzene rings is 1. The van der Waals surface area contributed by atoms with E-state index in [0.29, 0.717) is 24.7 Å². The van der Waals surface area contributed by atoms with E-state index >= 15 is 0 Å². The third-order valence-electron chi connectivity index (χ3n) is 5.54. The number of anilines is 1. The summed E-state index contributed by atoms with van der Waals surface area (Å²) in [6, 6.07) is 9.73. The Labute approximate surface area is 200 Å². The van der Waals surface area contributed by atoms with E-state index in [1.54, 1.807) is 10.9 Å². The molecule has 0 saturated carbocycles. The summed E-state index contributed by atoms with van der Waals surface area (Å²) in [7, 11) is 0. The van der Waals surface area contributed by atoms with Crippen molar-refractivity contribution in [3.8, 4) is 22.6 Å². The molecule has 0 fully saturated rings. The molecule has 3 aromatic heterocycles. The fourth-order valence-corrected chi connectivity index (χ4v) is 3.81. The molecule has 0 unspecified atom stereocenters. The Morgan fingerprint density at radius 3 is 2.59 bits per heavy atom. The highest BCUT2D eigenvalue weighted by Gasteiger charge is 2.20. The van der Waals surface area contributed by atoms with Gasteiger partial charge < -0.3 is 14.6 Å². The van der Waals surface area contributed by atoms with Crippen LogP contribution in [0.2, 0.25) is 0 Å².